The molecule has 0 aliphatic heterocycles. The number of rotatable bonds is 2. The van der Waals surface area contributed by atoms with Gasteiger partial charge in [-0.25, -0.2) is 4.99 Å². The van der Waals surface area contributed by atoms with Gasteiger partial charge in [0.2, 0.25) is 0 Å². The van der Waals surface area contributed by atoms with Gasteiger partial charge in [0.15, 0.2) is 0 Å². The second-order valence-corrected chi connectivity index (χ2v) is 4.25. The van der Waals surface area contributed by atoms with Crippen LogP contribution in [0.1, 0.15) is 27.7 Å². The van der Waals surface area contributed by atoms with E-state index in [1.807, 2.05) is 0 Å². The van der Waals surface area contributed by atoms with E-state index >= 15 is 0 Å². The Labute approximate surface area is 84.4 Å². The monoisotopic (exact) mass is 198 g/mol. The van der Waals surface area contributed by atoms with E-state index in [1.54, 1.807) is 13.3 Å². The molecule has 2 nitrogen and oxygen atoms in total. The van der Waals surface area contributed by atoms with Gasteiger partial charge in [0.05, 0.1) is 5.54 Å². The molecular formula is C10H15ClN2. The van der Waals surface area contributed by atoms with Crippen LogP contribution in [0.3, 0.4) is 0 Å². The van der Waals surface area contributed by atoms with E-state index in [2.05, 4.69) is 36.8 Å². The standard InChI is InChI=1S/C10H15ClN2/c1-7-5-10(4,8(7)2)13-6-12-9(3)11/h5-6,8H,1-4H3/b12-9+,13-6-/t8?,10-/m0/s1. The van der Waals surface area contributed by atoms with Gasteiger partial charge in [-0.05, 0) is 20.8 Å². The van der Waals surface area contributed by atoms with Crippen LogP contribution in [-0.2, 0) is 0 Å². The first kappa shape index (κ1) is 10.5. The molecule has 1 aliphatic rings. The fourth-order valence-corrected chi connectivity index (χ4v) is 1.50. The highest BCUT2D eigenvalue weighted by Gasteiger charge is 2.37. The van der Waals surface area contributed by atoms with Crippen molar-refractivity contribution in [3.8, 4) is 0 Å². The Morgan fingerprint density at radius 3 is 2.69 bits per heavy atom. The second kappa shape index (κ2) is 3.62. The highest BCUT2D eigenvalue weighted by Crippen LogP contribution is 2.39. The molecular weight excluding hydrogens is 184 g/mol. The SMILES string of the molecule is CC1=C[C@](C)(/N=C\N=C(/C)Cl)C1C. The van der Waals surface area contributed by atoms with Crippen molar-refractivity contribution in [2.45, 2.75) is 33.2 Å². The smallest absolute Gasteiger partial charge is 0.112 e. The molecule has 3 heteroatoms. The molecule has 1 unspecified atom stereocenters. The molecule has 0 aromatic rings. The lowest BCUT2D eigenvalue weighted by Gasteiger charge is -2.38. The number of halogens is 1. The van der Waals surface area contributed by atoms with Gasteiger partial charge in [-0.1, -0.05) is 30.2 Å². The maximum atomic E-state index is 5.58. The van der Waals surface area contributed by atoms with Crippen LogP contribution in [-0.4, -0.2) is 17.0 Å². The summed E-state index contributed by atoms with van der Waals surface area (Å²) < 4.78 is 0. The zero-order valence-electron chi connectivity index (χ0n) is 8.50. The normalized spacial score (nSPS) is 34.7. The minimum Gasteiger partial charge on any atom is -0.262 e. The molecule has 0 saturated heterocycles. The van der Waals surface area contributed by atoms with Crippen molar-refractivity contribution < 1.29 is 0 Å². The minimum absolute atomic E-state index is 0.0695. The van der Waals surface area contributed by atoms with Crippen molar-refractivity contribution >= 4 is 23.1 Å². The first-order valence-corrected chi connectivity index (χ1v) is 4.76. The Balaban J connectivity index is 2.66. The van der Waals surface area contributed by atoms with E-state index in [-0.39, 0.29) is 5.54 Å². The van der Waals surface area contributed by atoms with Gasteiger partial charge in [0, 0.05) is 5.92 Å². The van der Waals surface area contributed by atoms with Crippen LogP contribution in [0.4, 0.5) is 0 Å². The molecule has 2 atom stereocenters. The second-order valence-electron chi connectivity index (χ2n) is 3.71. The van der Waals surface area contributed by atoms with E-state index in [0.29, 0.717) is 11.1 Å². The molecule has 0 aromatic heterocycles. The molecule has 0 saturated carbocycles. The quantitative estimate of drug-likeness (QED) is 0.370. The van der Waals surface area contributed by atoms with E-state index in [9.17, 15) is 0 Å². The third-order valence-corrected chi connectivity index (χ3v) is 2.75. The summed E-state index contributed by atoms with van der Waals surface area (Å²) in [5, 5.41) is 0.514. The van der Waals surface area contributed by atoms with Crippen molar-refractivity contribution in [2.24, 2.45) is 15.9 Å². The summed E-state index contributed by atoms with van der Waals surface area (Å²) in [6.07, 6.45) is 3.70. The number of aliphatic imine (C=N–C) groups is 2. The first-order valence-electron chi connectivity index (χ1n) is 4.38. The van der Waals surface area contributed by atoms with Crippen LogP contribution < -0.4 is 0 Å². The van der Waals surface area contributed by atoms with E-state index in [0.717, 1.165) is 0 Å². The van der Waals surface area contributed by atoms with Crippen LogP contribution in [0, 0.1) is 5.92 Å². The van der Waals surface area contributed by atoms with Crippen molar-refractivity contribution in [1.29, 1.82) is 0 Å². The number of nitrogens with zero attached hydrogens (tertiary/aromatic N) is 2. The largest absolute Gasteiger partial charge is 0.262 e. The molecule has 1 rings (SSSR count). The molecule has 0 spiro atoms. The van der Waals surface area contributed by atoms with Gasteiger partial charge in [-0.2, -0.15) is 0 Å². The summed E-state index contributed by atoms with van der Waals surface area (Å²) >= 11 is 5.58. The van der Waals surface area contributed by atoms with Crippen LogP contribution in [0.25, 0.3) is 0 Å². The summed E-state index contributed by atoms with van der Waals surface area (Å²) in [5.74, 6) is 0.509. The Morgan fingerprint density at radius 1 is 1.69 bits per heavy atom. The predicted molar refractivity (Wildman–Crippen MR) is 58.8 cm³/mol. The van der Waals surface area contributed by atoms with Gasteiger partial charge in [0.1, 0.15) is 11.5 Å². The maximum Gasteiger partial charge on any atom is 0.112 e. The third kappa shape index (κ3) is 2.19. The Kier molecular flexibility index (Phi) is 2.91. The molecule has 72 valence electrons. The van der Waals surface area contributed by atoms with Crippen LogP contribution in [0.5, 0.6) is 0 Å². The lowest BCUT2D eigenvalue weighted by Crippen LogP contribution is -2.37. The Morgan fingerprint density at radius 2 is 2.31 bits per heavy atom. The van der Waals surface area contributed by atoms with Gasteiger partial charge in [0.25, 0.3) is 0 Å². The van der Waals surface area contributed by atoms with Crippen LogP contribution in [0.2, 0.25) is 0 Å². The average Bonchev–Trinajstić information content (AvgIpc) is 2.03. The average molecular weight is 199 g/mol. The summed E-state index contributed by atoms with van der Waals surface area (Å²) in [7, 11) is 0. The summed E-state index contributed by atoms with van der Waals surface area (Å²) in [5.41, 5.74) is 1.33. The van der Waals surface area contributed by atoms with Gasteiger partial charge >= 0.3 is 0 Å². The number of hydrogen-bond donors (Lipinski definition) is 0. The Hall–Kier alpha value is -0.630. The zero-order chi connectivity index (χ0) is 10.1. The Bertz CT molecular complexity index is 287. The topological polar surface area (TPSA) is 24.7 Å². The first-order chi connectivity index (χ1) is 5.96. The molecule has 0 heterocycles. The van der Waals surface area contributed by atoms with E-state index < -0.39 is 0 Å². The van der Waals surface area contributed by atoms with Crippen molar-refractivity contribution in [2.75, 3.05) is 0 Å². The lowest BCUT2D eigenvalue weighted by molar-refractivity contribution is 0.387. The fraction of sp³-hybridized carbons (Fsp3) is 0.600. The molecule has 0 aromatic carbocycles. The highest BCUT2D eigenvalue weighted by atomic mass is 35.5. The van der Waals surface area contributed by atoms with Crippen molar-refractivity contribution in [3.05, 3.63) is 11.6 Å². The fourth-order valence-electron chi connectivity index (χ4n) is 1.46. The van der Waals surface area contributed by atoms with E-state index in [1.165, 1.54) is 5.57 Å². The van der Waals surface area contributed by atoms with Gasteiger partial charge < -0.3 is 0 Å². The minimum atomic E-state index is -0.0695. The maximum absolute atomic E-state index is 5.58. The van der Waals surface area contributed by atoms with Crippen LogP contribution >= 0.6 is 11.6 Å². The molecule has 1 aliphatic carbocycles. The summed E-state index contributed by atoms with van der Waals surface area (Å²) in [6, 6.07) is 0. The van der Waals surface area contributed by atoms with Crippen molar-refractivity contribution in [1.82, 2.24) is 0 Å². The molecule has 0 fully saturated rings. The lowest BCUT2D eigenvalue weighted by atomic mass is 9.71. The molecule has 13 heavy (non-hydrogen) atoms. The third-order valence-electron chi connectivity index (χ3n) is 2.65. The number of hydrogen-bond acceptors (Lipinski definition) is 1. The summed E-state index contributed by atoms with van der Waals surface area (Å²) in [4.78, 5) is 8.27. The molecule has 0 amide bonds. The van der Waals surface area contributed by atoms with Gasteiger partial charge in [-0.3, -0.25) is 4.99 Å². The highest BCUT2D eigenvalue weighted by molar-refractivity contribution is 6.65. The molecule has 0 N–H and O–H groups in total. The van der Waals surface area contributed by atoms with Crippen LogP contribution in [0.15, 0.2) is 21.6 Å². The van der Waals surface area contributed by atoms with Gasteiger partial charge in [-0.15, -0.1) is 0 Å². The predicted octanol–water partition coefficient (Wildman–Crippen LogP) is 3.03. The summed E-state index contributed by atoms with van der Waals surface area (Å²) in [6.45, 7) is 8.13. The zero-order valence-corrected chi connectivity index (χ0v) is 9.26. The van der Waals surface area contributed by atoms with E-state index in [4.69, 9.17) is 11.6 Å². The molecule has 0 bridgehead atoms. The van der Waals surface area contributed by atoms with Crippen molar-refractivity contribution in [3.63, 3.8) is 0 Å². The molecule has 0 radical (unpaired) electrons.